The number of aromatic nitrogens is 2. The lowest BCUT2D eigenvalue weighted by Gasteiger charge is -2.28. The smallest absolute Gasteiger partial charge is 0.126 e. The van der Waals surface area contributed by atoms with Crippen molar-refractivity contribution < 1.29 is 0 Å². The van der Waals surface area contributed by atoms with Crippen LogP contribution in [0.4, 0.5) is 17.1 Å². The lowest BCUT2D eigenvalue weighted by Crippen LogP contribution is -2.17. The minimum Gasteiger partial charge on any atom is -0.326 e. The third kappa shape index (κ3) is 6.10. The van der Waals surface area contributed by atoms with E-state index in [1.165, 1.54) is 77.7 Å². The van der Waals surface area contributed by atoms with Gasteiger partial charge in [-0.05, 0) is 123 Å². The van der Waals surface area contributed by atoms with Gasteiger partial charge in [-0.1, -0.05) is 161 Å². The van der Waals surface area contributed by atoms with Gasteiger partial charge in [-0.3, -0.25) is 4.57 Å². The van der Waals surface area contributed by atoms with Crippen molar-refractivity contribution in [1.29, 1.82) is 0 Å². The Kier molecular flexibility index (Phi) is 8.82. The molecule has 2 aliphatic carbocycles. The molecular weight excluding hydrogens is 739 g/mol. The molecule has 0 spiro atoms. The molecule has 3 heteroatoms. The van der Waals surface area contributed by atoms with Gasteiger partial charge in [0.15, 0.2) is 0 Å². The van der Waals surface area contributed by atoms with Gasteiger partial charge in [-0.2, -0.15) is 0 Å². The van der Waals surface area contributed by atoms with E-state index in [0.29, 0.717) is 12.0 Å². The lowest BCUT2D eigenvalue weighted by molar-refractivity contribution is 0.527. The second-order valence-electron chi connectivity index (χ2n) is 17.6. The third-order valence-corrected chi connectivity index (χ3v) is 13.3. The molecule has 2 heterocycles. The average Bonchev–Trinajstić information content (AvgIpc) is 3.95. The van der Waals surface area contributed by atoms with Crippen molar-refractivity contribution in [1.82, 2.24) is 9.13 Å². The van der Waals surface area contributed by atoms with E-state index in [0.717, 1.165) is 23.5 Å². The quantitative estimate of drug-likeness (QED) is 0.149. The van der Waals surface area contributed by atoms with Gasteiger partial charge in [-0.25, -0.2) is 0 Å². The molecule has 3 nitrogen and oxygen atoms in total. The Morgan fingerprint density at radius 3 is 1.85 bits per heavy atom. The average molecular weight is 788 g/mol. The highest BCUT2D eigenvalue weighted by molar-refractivity contribution is 6.08. The number of fused-ring (bicyclic) bond motifs is 6. The van der Waals surface area contributed by atoms with Gasteiger partial charge in [-0.15, -0.1) is 0 Å². The van der Waals surface area contributed by atoms with Crippen molar-refractivity contribution in [3.8, 4) is 39.1 Å². The monoisotopic (exact) mass is 787 g/mol. The van der Waals surface area contributed by atoms with Gasteiger partial charge < -0.3 is 9.47 Å². The number of hydrogen-bond donors (Lipinski definition) is 0. The normalized spacial score (nSPS) is 15.3. The van der Waals surface area contributed by atoms with Crippen LogP contribution in [0.15, 0.2) is 206 Å². The summed E-state index contributed by atoms with van der Waals surface area (Å²) in [6.45, 7) is 9.34. The molecule has 2 aliphatic rings. The van der Waals surface area contributed by atoms with Crippen molar-refractivity contribution in [2.75, 3.05) is 4.90 Å². The summed E-state index contributed by atoms with van der Waals surface area (Å²) < 4.78 is 4.98. The van der Waals surface area contributed by atoms with Gasteiger partial charge in [0.25, 0.3) is 0 Å². The van der Waals surface area contributed by atoms with E-state index < -0.39 is 0 Å². The first-order valence-corrected chi connectivity index (χ1v) is 21.7. The molecule has 1 unspecified atom stereocenters. The number of nitrogens with zero attached hydrogens (tertiary/aromatic N) is 3. The fourth-order valence-electron chi connectivity index (χ4n) is 10.2. The minimum atomic E-state index is -0.0934. The molecular formula is C58H49N3. The van der Waals surface area contributed by atoms with E-state index in [-0.39, 0.29) is 5.41 Å². The van der Waals surface area contributed by atoms with Crippen LogP contribution < -0.4 is 4.90 Å². The summed E-state index contributed by atoms with van der Waals surface area (Å²) in [6, 6.07) is 65.2. The first-order valence-electron chi connectivity index (χ1n) is 21.7. The first kappa shape index (κ1) is 36.9. The molecule has 0 radical (unpaired) electrons. The summed E-state index contributed by atoms with van der Waals surface area (Å²) >= 11 is 0. The minimum absolute atomic E-state index is 0.0934. The van der Waals surface area contributed by atoms with Crippen LogP contribution in [0.2, 0.25) is 0 Å². The van der Waals surface area contributed by atoms with E-state index in [1.54, 1.807) is 0 Å². The fraction of sp³-hybridized carbons (Fsp3) is 0.138. The predicted molar refractivity (Wildman–Crippen MR) is 258 cm³/mol. The largest absolute Gasteiger partial charge is 0.326 e. The van der Waals surface area contributed by atoms with E-state index in [9.17, 15) is 0 Å². The van der Waals surface area contributed by atoms with Crippen LogP contribution in [0.3, 0.4) is 0 Å². The topological polar surface area (TPSA) is 13.1 Å². The van der Waals surface area contributed by atoms with Crippen molar-refractivity contribution in [2.45, 2.75) is 45.6 Å². The maximum Gasteiger partial charge on any atom is 0.126 e. The molecule has 61 heavy (non-hydrogen) atoms. The summed E-state index contributed by atoms with van der Waals surface area (Å²) in [4.78, 5) is 2.40. The first-order chi connectivity index (χ1) is 29.8. The second kappa shape index (κ2) is 14.6. The number of hydrogen-bond acceptors (Lipinski definition) is 1. The highest BCUT2D eigenvalue weighted by atomic mass is 15.2. The lowest BCUT2D eigenvalue weighted by atomic mass is 9.82. The zero-order valence-corrected chi connectivity index (χ0v) is 35.3. The van der Waals surface area contributed by atoms with Crippen LogP contribution in [0.5, 0.6) is 0 Å². The van der Waals surface area contributed by atoms with Crippen LogP contribution in [-0.2, 0) is 5.41 Å². The standard InChI is InChI=1S/C58H49N3/c1-39(2)48-16-9-12-20-55(48)59-37-36-52-51-18-10-13-21-56(51)61(57(52)59)46-32-26-43(27-33-46)42-24-30-45(31-25-42)60(44-28-22-41(23-29-44)40-14-6-5-7-15-40)47-34-35-50-49-17-8-11-19-53(49)58(3,4)54(50)38-47/h5-19,21-39,55H,20H2,1-4H3. The molecule has 0 amide bonds. The summed E-state index contributed by atoms with van der Waals surface area (Å²) in [6.07, 6.45) is 10.2. The molecule has 0 N–H and O–H groups in total. The number of allylic oxidation sites excluding steroid dienone is 4. The maximum atomic E-state index is 2.51. The second-order valence-corrected chi connectivity index (χ2v) is 17.6. The van der Waals surface area contributed by atoms with Crippen LogP contribution in [0, 0.1) is 5.92 Å². The zero-order chi connectivity index (χ0) is 41.2. The van der Waals surface area contributed by atoms with Crippen LogP contribution >= 0.6 is 0 Å². The van der Waals surface area contributed by atoms with Crippen molar-refractivity contribution >= 4 is 39.0 Å². The number of para-hydroxylation sites is 1. The molecule has 9 aromatic rings. The van der Waals surface area contributed by atoms with Gasteiger partial charge >= 0.3 is 0 Å². The predicted octanol–water partition coefficient (Wildman–Crippen LogP) is 15.8. The Morgan fingerprint density at radius 1 is 0.557 bits per heavy atom. The number of anilines is 3. The third-order valence-electron chi connectivity index (χ3n) is 13.3. The summed E-state index contributed by atoms with van der Waals surface area (Å²) in [5.41, 5.74) is 18.6. The van der Waals surface area contributed by atoms with Crippen molar-refractivity contribution in [3.05, 3.63) is 217 Å². The van der Waals surface area contributed by atoms with E-state index in [4.69, 9.17) is 0 Å². The fourth-order valence-corrected chi connectivity index (χ4v) is 10.2. The molecule has 0 aliphatic heterocycles. The maximum absolute atomic E-state index is 2.51. The molecule has 11 rings (SSSR count). The highest BCUT2D eigenvalue weighted by Gasteiger charge is 2.36. The molecule has 7 aromatic carbocycles. The Balaban J connectivity index is 0.961. The van der Waals surface area contributed by atoms with Crippen molar-refractivity contribution in [2.24, 2.45) is 5.92 Å². The molecule has 1 atom stereocenters. The van der Waals surface area contributed by atoms with Gasteiger partial charge in [0.1, 0.15) is 5.65 Å². The number of benzene rings is 7. The molecule has 0 fully saturated rings. The van der Waals surface area contributed by atoms with Crippen molar-refractivity contribution in [3.63, 3.8) is 0 Å². The Hall–Kier alpha value is -7.10. The number of rotatable bonds is 8. The highest BCUT2D eigenvalue weighted by Crippen LogP contribution is 2.51. The van der Waals surface area contributed by atoms with Gasteiger partial charge in [0.2, 0.25) is 0 Å². The summed E-state index contributed by atoms with van der Waals surface area (Å²) in [5.74, 6) is 0.474. The van der Waals surface area contributed by atoms with Gasteiger partial charge in [0.05, 0.1) is 11.6 Å². The van der Waals surface area contributed by atoms with Crippen LogP contribution in [0.25, 0.3) is 61.0 Å². The molecule has 0 saturated carbocycles. The van der Waals surface area contributed by atoms with E-state index in [1.807, 2.05) is 0 Å². The Morgan fingerprint density at radius 2 is 1.15 bits per heavy atom. The Bertz CT molecular complexity index is 3140. The van der Waals surface area contributed by atoms with Gasteiger partial charge in [0, 0.05) is 45.1 Å². The zero-order valence-electron chi connectivity index (χ0n) is 35.3. The summed E-state index contributed by atoms with van der Waals surface area (Å²) in [5, 5.41) is 2.58. The molecule has 2 aromatic heterocycles. The SMILES string of the molecule is CC(C)C1=CC=CCC1n1ccc2c3ccccc3n(-c3ccc(-c4ccc(N(c5ccc(-c6ccccc6)cc5)c5ccc6c(c5)C(C)(C)c5ccccc5-6)cc4)cc3)c21. The van der Waals surface area contributed by atoms with E-state index in [2.05, 4.69) is 242 Å². The Labute approximate surface area is 359 Å². The van der Waals surface area contributed by atoms with Crippen LogP contribution in [0.1, 0.15) is 51.3 Å². The molecule has 0 saturated heterocycles. The molecule has 296 valence electrons. The molecule has 0 bridgehead atoms. The summed E-state index contributed by atoms with van der Waals surface area (Å²) in [7, 11) is 0. The van der Waals surface area contributed by atoms with E-state index >= 15 is 0 Å². The van der Waals surface area contributed by atoms with Crippen LogP contribution in [-0.4, -0.2) is 9.13 Å².